The molecule has 112 valence electrons. The molecule has 0 aliphatic rings. The summed E-state index contributed by atoms with van der Waals surface area (Å²) < 4.78 is 0.939. The predicted molar refractivity (Wildman–Crippen MR) is 95.2 cm³/mol. The van der Waals surface area contributed by atoms with Crippen LogP contribution >= 0.6 is 27.5 Å². The summed E-state index contributed by atoms with van der Waals surface area (Å²) in [6.45, 7) is 7.42. The maximum Gasteiger partial charge on any atom is 0.0599 e. The first kappa shape index (κ1) is 16.5. The normalized spacial score (nSPS) is 12.4. The SMILES string of the molecule is CCCNC(c1ccc(C)c(C)c1)c1cccc(Br)c1Cl. The lowest BCUT2D eigenvalue weighted by molar-refractivity contribution is 0.598. The molecule has 0 aliphatic carbocycles. The van der Waals surface area contributed by atoms with Crippen LogP contribution in [0.3, 0.4) is 0 Å². The second-order valence-electron chi connectivity index (χ2n) is 5.37. The zero-order chi connectivity index (χ0) is 15.4. The molecule has 3 heteroatoms. The lowest BCUT2D eigenvalue weighted by atomic mass is 9.95. The third-order valence-electron chi connectivity index (χ3n) is 3.76. The van der Waals surface area contributed by atoms with E-state index in [2.05, 4.69) is 66.3 Å². The van der Waals surface area contributed by atoms with Gasteiger partial charge in [-0.05, 0) is 71.1 Å². The molecule has 0 spiro atoms. The van der Waals surface area contributed by atoms with Crippen molar-refractivity contribution in [2.75, 3.05) is 6.54 Å². The van der Waals surface area contributed by atoms with E-state index in [0.717, 1.165) is 28.0 Å². The largest absolute Gasteiger partial charge is 0.306 e. The third kappa shape index (κ3) is 3.88. The van der Waals surface area contributed by atoms with Gasteiger partial charge in [-0.2, -0.15) is 0 Å². The molecule has 0 aliphatic heterocycles. The first-order valence-corrected chi connectivity index (χ1v) is 8.46. The van der Waals surface area contributed by atoms with E-state index >= 15 is 0 Å². The van der Waals surface area contributed by atoms with E-state index in [9.17, 15) is 0 Å². The molecular weight excluding hydrogens is 346 g/mol. The fourth-order valence-electron chi connectivity index (χ4n) is 2.38. The van der Waals surface area contributed by atoms with Crippen molar-refractivity contribution in [1.82, 2.24) is 5.32 Å². The van der Waals surface area contributed by atoms with Crippen LogP contribution in [-0.2, 0) is 0 Å². The molecule has 1 nitrogen and oxygen atoms in total. The van der Waals surface area contributed by atoms with E-state index in [1.54, 1.807) is 0 Å². The first-order valence-electron chi connectivity index (χ1n) is 7.29. The van der Waals surface area contributed by atoms with Crippen LogP contribution in [0.1, 0.15) is 41.6 Å². The lowest BCUT2D eigenvalue weighted by Crippen LogP contribution is -2.23. The van der Waals surface area contributed by atoms with Crippen molar-refractivity contribution in [2.24, 2.45) is 0 Å². The minimum absolute atomic E-state index is 0.120. The maximum absolute atomic E-state index is 6.50. The Morgan fingerprint density at radius 2 is 1.90 bits per heavy atom. The van der Waals surface area contributed by atoms with Crippen molar-refractivity contribution in [3.05, 3.63) is 68.1 Å². The second-order valence-corrected chi connectivity index (χ2v) is 6.61. The quantitative estimate of drug-likeness (QED) is 0.704. The van der Waals surface area contributed by atoms with Gasteiger partial charge >= 0.3 is 0 Å². The highest BCUT2D eigenvalue weighted by Gasteiger charge is 2.18. The molecule has 0 fully saturated rings. The number of aryl methyl sites for hydroxylation is 2. The smallest absolute Gasteiger partial charge is 0.0599 e. The van der Waals surface area contributed by atoms with E-state index in [1.165, 1.54) is 16.7 Å². The van der Waals surface area contributed by atoms with Gasteiger partial charge in [-0.15, -0.1) is 0 Å². The summed E-state index contributed by atoms with van der Waals surface area (Å²) in [4.78, 5) is 0. The van der Waals surface area contributed by atoms with Crippen LogP contribution in [0.25, 0.3) is 0 Å². The van der Waals surface area contributed by atoms with E-state index < -0.39 is 0 Å². The molecule has 0 saturated carbocycles. The van der Waals surface area contributed by atoms with E-state index in [0.29, 0.717) is 0 Å². The van der Waals surface area contributed by atoms with Gasteiger partial charge < -0.3 is 5.32 Å². The number of halogens is 2. The highest BCUT2D eigenvalue weighted by molar-refractivity contribution is 9.10. The number of rotatable bonds is 5. The number of hydrogen-bond acceptors (Lipinski definition) is 1. The van der Waals surface area contributed by atoms with Crippen LogP contribution in [0.5, 0.6) is 0 Å². The van der Waals surface area contributed by atoms with Gasteiger partial charge in [0.2, 0.25) is 0 Å². The monoisotopic (exact) mass is 365 g/mol. The standard InChI is InChI=1S/C18H21BrClN/c1-4-10-21-18(14-9-8-12(2)13(3)11-14)15-6-5-7-16(19)17(15)20/h5-9,11,18,21H,4,10H2,1-3H3. The summed E-state index contributed by atoms with van der Waals surface area (Å²) in [5.74, 6) is 0. The molecule has 1 atom stereocenters. The highest BCUT2D eigenvalue weighted by Crippen LogP contribution is 2.33. The summed E-state index contributed by atoms with van der Waals surface area (Å²) in [6.07, 6.45) is 1.09. The van der Waals surface area contributed by atoms with Crippen LogP contribution in [0.4, 0.5) is 0 Å². The molecule has 0 aromatic heterocycles. The third-order valence-corrected chi connectivity index (χ3v) is 5.07. The molecule has 1 N–H and O–H groups in total. The molecule has 0 bridgehead atoms. The zero-order valence-corrected chi connectivity index (χ0v) is 15.1. The number of hydrogen-bond donors (Lipinski definition) is 1. The molecule has 2 rings (SSSR count). The summed E-state index contributed by atoms with van der Waals surface area (Å²) in [7, 11) is 0. The van der Waals surface area contributed by atoms with Gasteiger partial charge in [-0.25, -0.2) is 0 Å². The summed E-state index contributed by atoms with van der Waals surface area (Å²) in [6, 6.07) is 12.8. The topological polar surface area (TPSA) is 12.0 Å². The van der Waals surface area contributed by atoms with Crippen LogP contribution in [-0.4, -0.2) is 6.54 Å². The van der Waals surface area contributed by atoms with Crippen molar-refractivity contribution >= 4 is 27.5 Å². The van der Waals surface area contributed by atoms with Crippen LogP contribution in [0, 0.1) is 13.8 Å². The maximum atomic E-state index is 6.50. The van der Waals surface area contributed by atoms with Crippen molar-refractivity contribution in [2.45, 2.75) is 33.2 Å². The number of benzene rings is 2. The predicted octanol–water partition coefficient (Wildman–Crippen LogP) is 5.81. The molecular formula is C18H21BrClN. The van der Waals surface area contributed by atoms with Gasteiger partial charge in [0.25, 0.3) is 0 Å². The Hall–Kier alpha value is -0.830. The Morgan fingerprint density at radius 3 is 2.57 bits per heavy atom. The van der Waals surface area contributed by atoms with Crippen LogP contribution < -0.4 is 5.32 Å². The number of nitrogens with one attached hydrogen (secondary N) is 1. The Balaban J connectivity index is 2.47. The summed E-state index contributed by atoms with van der Waals surface area (Å²) in [5, 5.41) is 4.39. The van der Waals surface area contributed by atoms with Crippen molar-refractivity contribution in [3.63, 3.8) is 0 Å². The summed E-state index contributed by atoms with van der Waals surface area (Å²) in [5.41, 5.74) is 4.99. The van der Waals surface area contributed by atoms with Crippen molar-refractivity contribution < 1.29 is 0 Å². The molecule has 1 unspecified atom stereocenters. The Morgan fingerprint density at radius 1 is 1.14 bits per heavy atom. The summed E-state index contributed by atoms with van der Waals surface area (Å²) >= 11 is 10.0. The molecule has 0 heterocycles. The van der Waals surface area contributed by atoms with Gasteiger partial charge in [0.1, 0.15) is 0 Å². The van der Waals surface area contributed by atoms with Gasteiger partial charge in [0.15, 0.2) is 0 Å². The van der Waals surface area contributed by atoms with Gasteiger partial charge in [0.05, 0.1) is 11.1 Å². The van der Waals surface area contributed by atoms with Gasteiger partial charge in [0, 0.05) is 4.47 Å². The van der Waals surface area contributed by atoms with Crippen molar-refractivity contribution in [3.8, 4) is 0 Å². The molecule has 2 aromatic carbocycles. The zero-order valence-electron chi connectivity index (χ0n) is 12.7. The van der Waals surface area contributed by atoms with E-state index in [-0.39, 0.29) is 6.04 Å². The minimum atomic E-state index is 0.120. The van der Waals surface area contributed by atoms with E-state index in [4.69, 9.17) is 11.6 Å². The van der Waals surface area contributed by atoms with Crippen LogP contribution in [0.2, 0.25) is 5.02 Å². The Labute approximate surface area is 140 Å². The average Bonchev–Trinajstić information content (AvgIpc) is 2.47. The lowest BCUT2D eigenvalue weighted by Gasteiger charge is -2.22. The average molecular weight is 367 g/mol. The van der Waals surface area contributed by atoms with Crippen LogP contribution in [0.15, 0.2) is 40.9 Å². The molecule has 0 amide bonds. The molecule has 0 saturated heterocycles. The fraction of sp³-hybridized carbons (Fsp3) is 0.333. The minimum Gasteiger partial charge on any atom is -0.306 e. The Kier molecular flexibility index (Phi) is 5.86. The highest BCUT2D eigenvalue weighted by atomic mass is 79.9. The molecule has 0 radical (unpaired) electrons. The molecule has 2 aromatic rings. The van der Waals surface area contributed by atoms with Crippen molar-refractivity contribution in [1.29, 1.82) is 0 Å². The first-order chi connectivity index (χ1) is 10.0. The van der Waals surface area contributed by atoms with Gasteiger partial charge in [-0.3, -0.25) is 0 Å². The Bertz CT molecular complexity index is 625. The fourth-order valence-corrected chi connectivity index (χ4v) is 3.00. The molecule has 21 heavy (non-hydrogen) atoms. The van der Waals surface area contributed by atoms with Gasteiger partial charge in [-0.1, -0.05) is 48.9 Å². The second kappa shape index (κ2) is 7.44. The van der Waals surface area contributed by atoms with E-state index in [1.807, 2.05) is 12.1 Å².